The highest BCUT2D eigenvalue weighted by atomic mass is 35.5. The van der Waals surface area contributed by atoms with Gasteiger partial charge in [-0.25, -0.2) is 21.6 Å². The maximum atomic E-state index is 13.6. The maximum Gasteiger partial charge on any atom is 0.264 e. The first-order valence-electron chi connectivity index (χ1n) is 5.42. The largest absolute Gasteiger partial charge is 0.396 e. The maximum absolute atomic E-state index is 13.6. The fraction of sp³-hybridized carbons (Fsp3) is 0. The Hall–Kier alpha value is -1.93. The Kier molecular flexibility index (Phi) is 4.02. The molecule has 0 saturated heterocycles. The van der Waals surface area contributed by atoms with Crippen molar-refractivity contribution in [2.45, 2.75) is 4.90 Å². The van der Waals surface area contributed by atoms with Crippen LogP contribution in [0.2, 0.25) is 5.02 Å². The Labute approximate surface area is 123 Å². The van der Waals surface area contributed by atoms with Gasteiger partial charge in [-0.2, -0.15) is 0 Å². The highest BCUT2D eigenvalue weighted by Gasteiger charge is 2.21. The zero-order valence-corrected chi connectivity index (χ0v) is 11.8. The highest BCUT2D eigenvalue weighted by molar-refractivity contribution is 7.92. The number of hydrogen-bond donors (Lipinski definition) is 2. The van der Waals surface area contributed by atoms with E-state index in [1.54, 1.807) is 0 Å². The molecule has 0 bridgehead atoms. The number of anilines is 2. The number of halogens is 4. The number of nitrogens with one attached hydrogen (secondary N) is 1. The summed E-state index contributed by atoms with van der Waals surface area (Å²) in [5.74, 6) is -3.18. The lowest BCUT2D eigenvalue weighted by molar-refractivity contribution is 0.553. The lowest BCUT2D eigenvalue weighted by Crippen LogP contribution is -2.15. The minimum absolute atomic E-state index is 0.0493. The minimum atomic E-state index is -4.41. The van der Waals surface area contributed by atoms with Crippen LogP contribution in [-0.4, -0.2) is 8.42 Å². The molecule has 9 heteroatoms. The van der Waals surface area contributed by atoms with E-state index in [4.69, 9.17) is 17.3 Å². The Balaban J connectivity index is 2.45. The summed E-state index contributed by atoms with van der Waals surface area (Å²) < 4.78 is 65.7. The van der Waals surface area contributed by atoms with Crippen LogP contribution in [0.5, 0.6) is 0 Å². The van der Waals surface area contributed by atoms with E-state index in [2.05, 4.69) is 0 Å². The van der Waals surface area contributed by atoms with Crippen LogP contribution in [0.15, 0.2) is 35.2 Å². The second kappa shape index (κ2) is 5.45. The number of hydrogen-bond acceptors (Lipinski definition) is 3. The van der Waals surface area contributed by atoms with Crippen LogP contribution < -0.4 is 10.5 Å². The molecule has 0 spiro atoms. The average Bonchev–Trinajstić information content (AvgIpc) is 2.31. The van der Waals surface area contributed by atoms with Crippen molar-refractivity contribution < 1.29 is 21.6 Å². The molecule has 0 saturated carbocycles. The first-order valence-corrected chi connectivity index (χ1v) is 7.28. The van der Waals surface area contributed by atoms with Crippen LogP contribution in [0.4, 0.5) is 24.5 Å². The molecule has 112 valence electrons. The smallest absolute Gasteiger partial charge is 0.264 e. The van der Waals surface area contributed by atoms with Crippen LogP contribution in [-0.2, 0) is 10.0 Å². The van der Waals surface area contributed by atoms with Gasteiger partial charge in [-0.1, -0.05) is 11.6 Å². The average molecular weight is 337 g/mol. The molecule has 2 aromatic carbocycles. The minimum Gasteiger partial charge on any atom is -0.396 e. The molecular weight excluding hydrogens is 329 g/mol. The monoisotopic (exact) mass is 336 g/mol. The molecule has 3 N–H and O–H groups in total. The Bertz CT molecular complexity index is 792. The summed E-state index contributed by atoms with van der Waals surface area (Å²) >= 11 is 5.58. The Morgan fingerprint density at radius 2 is 1.67 bits per heavy atom. The van der Waals surface area contributed by atoms with Gasteiger partial charge in [-0.3, -0.25) is 4.72 Å². The van der Waals surface area contributed by atoms with Crippen molar-refractivity contribution in [3.05, 3.63) is 52.8 Å². The van der Waals surface area contributed by atoms with Crippen LogP contribution in [0, 0.1) is 17.5 Å². The van der Waals surface area contributed by atoms with Crippen LogP contribution in [0.1, 0.15) is 0 Å². The van der Waals surface area contributed by atoms with Gasteiger partial charge in [0.2, 0.25) is 0 Å². The number of nitrogens with two attached hydrogens (primary N) is 1. The second-order valence-electron chi connectivity index (χ2n) is 4.07. The topological polar surface area (TPSA) is 72.2 Å². The van der Waals surface area contributed by atoms with E-state index in [9.17, 15) is 21.6 Å². The van der Waals surface area contributed by atoms with E-state index < -0.39 is 38.1 Å². The summed E-state index contributed by atoms with van der Waals surface area (Å²) in [5.41, 5.74) is 4.47. The predicted molar refractivity (Wildman–Crippen MR) is 73.0 cm³/mol. The third-order valence-corrected chi connectivity index (χ3v) is 4.07. The van der Waals surface area contributed by atoms with Crippen molar-refractivity contribution in [1.82, 2.24) is 0 Å². The van der Waals surface area contributed by atoms with Gasteiger partial charge in [0, 0.05) is 11.1 Å². The number of nitrogen functional groups attached to an aromatic ring is 1. The summed E-state index contributed by atoms with van der Waals surface area (Å²) in [6.07, 6.45) is 0. The summed E-state index contributed by atoms with van der Waals surface area (Å²) in [6.45, 7) is 0. The van der Waals surface area contributed by atoms with Crippen molar-refractivity contribution in [2.24, 2.45) is 0 Å². The molecule has 0 atom stereocenters. The molecule has 0 aromatic heterocycles. The van der Waals surface area contributed by atoms with Crippen molar-refractivity contribution in [2.75, 3.05) is 10.5 Å². The molecule has 0 aliphatic heterocycles. The lowest BCUT2D eigenvalue weighted by atomic mass is 10.3. The molecule has 21 heavy (non-hydrogen) atoms. The van der Waals surface area contributed by atoms with E-state index in [1.165, 1.54) is 0 Å². The van der Waals surface area contributed by atoms with Crippen LogP contribution >= 0.6 is 11.6 Å². The quantitative estimate of drug-likeness (QED) is 0.846. The van der Waals surface area contributed by atoms with Gasteiger partial charge in [-0.05, 0) is 24.3 Å². The fourth-order valence-electron chi connectivity index (χ4n) is 1.57. The van der Waals surface area contributed by atoms with Gasteiger partial charge < -0.3 is 5.73 Å². The number of benzene rings is 2. The van der Waals surface area contributed by atoms with E-state index in [0.29, 0.717) is 12.1 Å². The summed E-state index contributed by atoms with van der Waals surface area (Å²) in [7, 11) is -4.41. The normalized spacial score (nSPS) is 11.4. The summed E-state index contributed by atoms with van der Waals surface area (Å²) in [6, 6.07) is 3.94. The first kappa shape index (κ1) is 15.5. The van der Waals surface area contributed by atoms with E-state index >= 15 is 0 Å². The molecule has 0 unspecified atom stereocenters. The Morgan fingerprint density at radius 1 is 1.00 bits per heavy atom. The van der Waals surface area contributed by atoms with Crippen LogP contribution in [0.3, 0.4) is 0 Å². The van der Waals surface area contributed by atoms with Crippen molar-refractivity contribution >= 4 is 33.0 Å². The van der Waals surface area contributed by atoms with E-state index in [0.717, 1.165) is 18.2 Å². The number of sulfonamides is 1. The fourth-order valence-corrected chi connectivity index (χ4v) is 2.93. The van der Waals surface area contributed by atoms with Crippen molar-refractivity contribution in [1.29, 1.82) is 0 Å². The molecule has 0 heterocycles. The number of rotatable bonds is 3. The molecule has 2 rings (SSSR count). The summed E-state index contributed by atoms with van der Waals surface area (Å²) in [4.78, 5) is -0.859. The second-order valence-corrected chi connectivity index (χ2v) is 6.16. The summed E-state index contributed by atoms with van der Waals surface area (Å²) in [5, 5.41) is -0.0493. The molecule has 2 aromatic rings. The molecule has 0 aliphatic rings. The van der Waals surface area contributed by atoms with Crippen molar-refractivity contribution in [3.8, 4) is 0 Å². The van der Waals surface area contributed by atoms with Gasteiger partial charge in [0.15, 0.2) is 0 Å². The highest BCUT2D eigenvalue weighted by Crippen LogP contribution is 2.25. The predicted octanol–water partition coefficient (Wildman–Crippen LogP) is 3.14. The van der Waals surface area contributed by atoms with E-state index in [1.807, 2.05) is 4.72 Å². The third kappa shape index (κ3) is 3.40. The lowest BCUT2D eigenvalue weighted by Gasteiger charge is -2.10. The molecule has 0 amide bonds. The Morgan fingerprint density at radius 3 is 2.29 bits per heavy atom. The van der Waals surface area contributed by atoms with Gasteiger partial charge in [0.05, 0.1) is 11.4 Å². The molecule has 4 nitrogen and oxygen atoms in total. The molecule has 0 aliphatic carbocycles. The zero-order valence-electron chi connectivity index (χ0n) is 10.2. The van der Waals surface area contributed by atoms with Gasteiger partial charge in [0.25, 0.3) is 10.0 Å². The standard InChI is InChI=1S/C12H8ClF3N2O2S/c13-6-1-7(14)3-8(2-6)18-21(19,20)12-5-11(17)9(15)4-10(12)16/h1-5,18H,17H2. The third-order valence-electron chi connectivity index (χ3n) is 2.46. The molecule has 0 fully saturated rings. The SMILES string of the molecule is Nc1cc(S(=O)(=O)Nc2cc(F)cc(Cl)c2)c(F)cc1F. The first-order chi connectivity index (χ1) is 9.69. The van der Waals surface area contributed by atoms with Gasteiger partial charge >= 0.3 is 0 Å². The van der Waals surface area contributed by atoms with Gasteiger partial charge in [-0.15, -0.1) is 0 Å². The zero-order chi connectivity index (χ0) is 15.8. The molecule has 0 radical (unpaired) electrons. The van der Waals surface area contributed by atoms with Gasteiger partial charge in [0.1, 0.15) is 22.3 Å². The van der Waals surface area contributed by atoms with Crippen molar-refractivity contribution in [3.63, 3.8) is 0 Å². The van der Waals surface area contributed by atoms with Crippen LogP contribution in [0.25, 0.3) is 0 Å². The van der Waals surface area contributed by atoms with E-state index in [-0.39, 0.29) is 10.7 Å². The molecular formula is C12H8ClF3N2O2S.